The highest BCUT2D eigenvalue weighted by molar-refractivity contribution is 6.24. The molecule has 1 N–H and O–H groups in total. The zero-order valence-corrected chi connectivity index (χ0v) is 21.7. The Morgan fingerprint density at radius 1 is 1.03 bits per heavy atom. The van der Waals surface area contributed by atoms with Crippen LogP contribution in [0.3, 0.4) is 0 Å². The third-order valence-corrected chi connectivity index (χ3v) is 7.22. The first kappa shape index (κ1) is 26.3. The number of amides is 2. The van der Waals surface area contributed by atoms with E-state index in [0.717, 1.165) is 4.90 Å². The van der Waals surface area contributed by atoms with Gasteiger partial charge in [0.25, 0.3) is 0 Å². The van der Waals surface area contributed by atoms with Crippen molar-refractivity contribution >= 4 is 29.3 Å². The molecular weight excluding hydrogens is 476 g/mol. The quantitative estimate of drug-likeness (QED) is 0.312. The van der Waals surface area contributed by atoms with Crippen molar-refractivity contribution in [1.29, 1.82) is 0 Å². The van der Waals surface area contributed by atoms with Crippen molar-refractivity contribution in [2.24, 2.45) is 11.8 Å². The Morgan fingerprint density at radius 3 is 2.41 bits per heavy atom. The largest absolute Gasteiger partial charge is 0.497 e. The van der Waals surface area contributed by atoms with Gasteiger partial charge in [-0.15, -0.1) is 0 Å². The summed E-state index contributed by atoms with van der Waals surface area (Å²) in [6, 6.07) is 10.9. The van der Waals surface area contributed by atoms with Gasteiger partial charge in [-0.05, 0) is 38.5 Å². The summed E-state index contributed by atoms with van der Waals surface area (Å²) in [6.45, 7) is 5.17. The minimum atomic E-state index is -1.41. The molecule has 9 nitrogen and oxygen atoms in total. The lowest BCUT2D eigenvalue weighted by atomic mass is 9.77. The smallest absolute Gasteiger partial charge is 0.327 e. The van der Waals surface area contributed by atoms with Crippen LogP contribution in [0.15, 0.2) is 42.5 Å². The number of rotatable bonds is 9. The highest BCUT2D eigenvalue weighted by Crippen LogP contribution is 2.53. The van der Waals surface area contributed by atoms with Crippen molar-refractivity contribution in [3.8, 4) is 11.5 Å². The number of carbonyl (C=O) groups excluding carboxylic acids is 4. The molecule has 0 radical (unpaired) electrons. The monoisotopic (exact) mass is 508 g/mol. The molecule has 0 saturated carbocycles. The Morgan fingerprint density at radius 2 is 1.78 bits per heavy atom. The minimum absolute atomic E-state index is 0.131. The molecule has 2 heterocycles. The number of esters is 1. The van der Waals surface area contributed by atoms with Crippen LogP contribution in [-0.2, 0) is 19.1 Å². The molecule has 2 fully saturated rings. The van der Waals surface area contributed by atoms with Crippen LogP contribution < -0.4 is 19.7 Å². The second kappa shape index (κ2) is 10.3. The number of methoxy groups -OCH3 is 2. The van der Waals surface area contributed by atoms with Crippen molar-refractivity contribution in [2.75, 3.05) is 25.7 Å². The van der Waals surface area contributed by atoms with E-state index in [-0.39, 0.29) is 12.4 Å². The summed E-state index contributed by atoms with van der Waals surface area (Å²) in [7, 11) is 3.05. The summed E-state index contributed by atoms with van der Waals surface area (Å²) in [6.07, 6.45) is 0.866. The zero-order chi connectivity index (χ0) is 26.9. The van der Waals surface area contributed by atoms with Crippen LogP contribution in [0.4, 0.5) is 5.69 Å². The van der Waals surface area contributed by atoms with Gasteiger partial charge in [0.2, 0.25) is 11.8 Å². The van der Waals surface area contributed by atoms with Gasteiger partial charge in [-0.3, -0.25) is 24.5 Å². The van der Waals surface area contributed by atoms with Crippen molar-refractivity contribution < 1.29 is 33.4 Å². The molecule has 2 aromatic carbocycles. The van der Waals surface area contributed by atoms with Crippen LogP contribution in [-0.4, -0.2) is 49.9 Å². The third kappa shape index (κ3) is 4.27. The highest BCUT2D eigenvalue weighted by atomic mass is 16.5. The van der Waals surface area contributed by atoms with Crippen LogP contribution in [0.2, 0.25) is 0 Å². The molecule has 0 aliphatic carbocycles. The second-order valence-electron chi connectivity index (χ2n) is 9.29. The first-order valence-electron chi connectivity index (χ1n) is 12.4. The number of hydrogen-bond donors (Lipinski definition) is 1. The fourth-order valence-electron chi connectivity index (χ4n) is 5.64. The van der Waals surface area contributed by atoms with E-state index in [1.165, 1.54) is 27.2 Å². The number of imide groups is 1. The molecule has 2 aliphatic rings. The summed E-state index contributed by atoms with van der Waals surface area (Å²) in [5.74, 6) is -2.57. The van der Waals surface area contributed by atoms with E-state index in [1.54, 1.807) is 43.3 Å². The molecule has 0 bridgehead atoms. The van der Waals surface area contributed by atoms with Crippen molar-refractivity contribution in [3.63, 3.8) is 0 Å². The number of nitrogens with zero attached hydrogens (tertiary/aromatic N) is 1. The average molecular weight is 509 g/mol. The predicted molar refractivity (Wildman–Crippen MR) is 136 cm³/mol. The predicted octanol–water partition coefficient (Wildman–Crippen LogP) is 3.46. The van der Waals surface area contributed by atoms with E-state index >= 15 is 0 Å². The molecule has 196 valence electrons. The summed E-state index contributed by atoms with van der Waals surface area (Å²) in [5, 5.41) is 3.37. The molecule has 9 heteroatoms. The molecule has 2 aliphatic heterocycles. The van der Waals surface area contributed by atoms with E-state index in [2.05, 4.69) is 5.32 Å². The van der Waals surface area contributed by atoms with Gasteiger partial charge < -0.3 is 14.2 Å². The molecule has 0 unspecified atom stereocenters. The van der Waals surface area contributed by atoms with E-state index in [9.17, 15) is 19.2 Å². The standard InChI is InChI=1S/C28H32N2O7/c1-6-13-28(27(34)37-7-2)23-22(24(29-28)20-12-11-19(35-4)15-21(20)36-5)25(32)30(26(23)33)18-10-8-9-17(14-18)16(3)31/h8-12,14-15,22-24,29H,6-7,13H2,1-5H3/t22-,23-,24-,28+/m1/s1. The number of nitrogens with one attached hydrogen (secondary N) is 1. The van der Waals surface area contributed by atoms with Crippen molar-refractivity contribution in [1.82, 2.24) is 5.32 Å². The lowest BCUT2D eigenvalue weighted by Crippen LogP contribution is -2.56. The number of benzene rings is 2. The molecule has 37 heavy (non-hydrogen) atoms. The highest BCUT2D eigenvalue weighted by Gasteiger charge is 2.69. The number of carbonyl (C=O) groups is 4. The van der Waals surface area contributed by atoms with Gasteiger partial charge in [-0.2, -0.15) is 0 Å². The van der Waals surface area contributed by atoms with Gasteiger partial charge in [-0.25, -0.2) is 4.90 Å². The Bertz CT molecular complexity index is 1240. The maximum atomic E-state index is 14.0. The maximum Gasteiger partial charge on any atom is 0.327 e. The Hall–Kier alpha value is -3.72. The van der Waals surface area contributed by atoms with Crippen LogP contribution in [0.25, 0.3) is 0 Å². The summed E-state index contributed by atoms with van der Waals surface area (Å²) in [4.78, 5) is 54.7. The Kier molecular flexibility index (Phi) is 7.36. The molecular formula is C28H32N2O7. The Labute approximate surface area is 216 Å². The lowest BCUT2D eigenvalue weighted by Gasteiger charge is -2.33. The molecule has 4 atom stereocenters. The van der Waals surface area contributed by atoms with Gasteiger partial charge >= 0.3 is 5.97 Å². The first-order valence-corrected chi connectivity index (χ1v) is 12.4. The number of anilines is 1. The maximum absolute atomic E-state index is 14.0. The lowest BCUT2D eigenvalue weighted by molar-refractivity contribution is -0.155. The molecule has 2 saturated heterocycles. The number of ketones is 1. The Balaban J connectivity index is 1.90. The molecule has 0 spiro atoms. The molecule has 0 aromatic heterocycles. The van der Waals surface area contributed by atoms with Gasteiger partial charge in [0.15, 0.2) is 5.78 Å². The SMILES string of the molecule is CCC[C@]1(C(=O)OCC)N[C@H](c2ccc(OC)cc2OC)[C@@H]2C(=O)N(c3cccc(C(C)=O)c3)C(=O)[C@@H]21. The van der Waals surface area contributed by atoms with E-state index in [4.69, 9.17) is 14.2 Å². The number of fused-ring (bicyclic) bond motifs is 1. The zero-order valence-electron chi connectivity index (χ0n) is 21.7. The van der Waals surface area contributed by atoms with Crippen LogP contribution in [0.5, 0.6) is 11.5 Å². The van der Waals surface area contributed by atoms with E-state index < -0.39 is 41.2 Å². The van der Waals surface area contributed by atoms with Gasteiger partial charge in [0.05, 0.1) is 38.3 Å². The van der Waals surface area contributed by atoms with Crippen molar-refractivity contribution in [2.45, 2.75) is 45.2 Å². The fraction of sp³-hybridized carbons (Fsp3) is 0.429. The first-order chi connectivity index (χ1) is 17.7. The topological polar surface area (TPSA) is 111 Å². The van der Waals surface area contributed by atoms with Crippen LogP contribution in [0, 0.1) is 11.8 Å². The van der Waals surface area contributed by atoms with E-state index in [1.807, 2.05) is 6.92 Å². The third-order valence-electron chi connectivity index (χ3n) is 7.22. The number of ether oxygens (including phenoxy) is 3. The van der Waals surface area contributed by atoms with Crippen LogP contribution in [0.1, 0.15) is 55.6 Å². The molecule has 2 amide bonds. The average Bonchev–Trinajstić information content (AvgIpc) is 3.37. The second-order valence-corrected chi connectivity index (χ2v) is 9.29. The van der Waals surface area contributed by atoms with Crippen molar-refractivity contribution in [3.05, 3.63) is 53.6 Å². The van der Waals surface area contributed by atoms with Gasteiger partial charge in [0.1, 0.15) is 17.0 Å². The van der Waals surface area contributed by atoms with Crippen LogP contribution >= 0.6 is 0 Å². The summed E-state index contributed by atoms with van der Waals surface area (Å²) >= 11 is 0. The molecule has 2 aromatic rings. The fourth-order valence-corrected chi connectivity index (χ4v) is 5.64. The number of hydrogen-bond acceptors (Lipinski definition) is 8. The minimum Gasteiger partial charge on any atom is -0.497 e. The number of Topliss-reactive ketones (excluding diaryl/α,β-unsaturated/α-hetero) is 1. The molecule has 4 rings (SSSR count). The summed E-state index contributed by atoms with van der Waals surface area (Å²) < 4.78 is 16.4. The normalized spacial score (nSPS) is 24.7. The van der Waals surface area contributed by atoms with E-state index in [0.29, 0.717) is 41.2 Å². The summed E-state index contributed by atoms with van der Waals surface area (Å²) in [5.41, 5.74) is -0.107. The van der Waals surface area contributed by atoms with Gasteiger partial charge in [-0.1, -0.05) is 31.5 Å². The van der Waals surface area contributed by atoms with Gasteiger partial charge in [0, 0.05) is 23.2 Å².